The van der Waals surface area contributed by atoms with Gasteiger partial charge in [-0.3, -0.25) is 14.8 Å². The Hall–Kier alpha value is -2.47. The normalized spacial score (nSPS) is 10.2. The van der Waals surface area contributed by atoms with Crippen LogP contribution in [-0.4, -0.2) is 36.1 Å². The van der Waals surface area contributed by atoms with Crippen molar-refractivity contribution in [2.75, 3.05) is 25.6 Å². The Labute approximate surface area is 129 Å². The second-order valence-electron chi connectivity index (χ2n) is 4.71. The Morgan fingerprint density at radius 1 is 1.23 bits per heavy atom. The summed E-state index contributed by atoms with van der Waals surface area (Å²) in [5.74, 6) is -0.216. The molecule has 0 unspecified atom stereocenters. The molecular weight excluding hydrogens is 280 g/mol. The van der Waals surface area contributed by atoms with E-state index in [2.05, 4.69) is 20.6 Å². The third-order valence-corrected chi connectivity index (χ3v) is 3.00. The van der Waals surface area contributed by atoms with E-state index in [1.54, 1.807) is 25.6 Å². The van der Waals surface area contributed by atoms with Crippen LogP contribution in [0.2, 0.25) is 0 Å². The predicted octanol–water partition coefficient (Wildman–Crippen LogP) is 1.85. The summed E-state index contributed by atoms with van der Waals surface area (Å²) >= 11 is 0. The standard InChI is InChI=1S/C16H20N4O2/c1-22-10-4-8-17-13-6-9-19-15(11-13)16(21)20-12-14-5-2-3-7-18-14/h2-3,5-7,9,11H,4,8,10,12H2,1H3,(H,17,19)(H,20,21). The quantitative estimate of drug-likeness (QED) is 0.728. The number of methoxy groups -OCH3 is 1. The van der Waals surface area contributed by atoms with Gasteiger partial charge in [0.05, 0.1) is 12.2 Å². The maximum Gasteiger partial charge on any atom is 0.270 e. The van der Waals surface area contributed by atoms with Gasteiger partial charge in [0, 0.05) is 38.3 Å². The van der Waals surface area contributed by atoms with E-state index in [0.29, 0.717) is 18.8 Å². The minimum atomic E-state index is -0.216. The van der Waals surface area contributed by atoms with Crippen LogP contribution in [0.4, 0.5) is 5.69 Å². The summed E-state index contributed by atoms with van der Waals surface area (Å²) in [6, 6.07) is 9.16. The number of aromatic nitrogens is 2. The van der Waals surface area contributed by atoms with Gasteiger partial charge in [-0.2, -0.15) is 0 Å². The molecule has 0 aliphatic rings. The lowest BCUT2D eigenvalue weighted by atomic mass is 10.3. The zero-order valence-corrected chi connectivity index (χ0v) is 12.6. The number of rotatable bonds is 8. The van der Waals surface area contributed by atoms with Crippen LogP contribution in [0.25, 0.3) is 0 Å². The smallest absolute Gasteiger partial charge is 0.270 e. The summed E-state index contributed by atoms with van der Waals surface area (Å²) < 4.78 is 4.99. The lowest BCUT2D eigenvalue weighted by Gasteiger charge is -2.08. The molecule has 2 heterocycles. The monoisotopic (exact) mass is 300 g/mol. The lowest BCUT2D eigenvalue weighted by molar-refractivity contribution is 0.0945. The van der Waals surface area contributed by atoms with Crippen molar-refractivity contribution in [3.63, 3.8) is 0 Å². The maximum atomic E-state index is 12.1. The van der Waals surface area contributed by atoms with Crippen molar-refractivity contribution in [3.05, 3.63) is 54.1 Å². The van der Waals surface area contributed by atoms with Crippen molar-refractivity contribution in [3.8, 4) is 0 Å². The number of carbonyl (C=O) groups is 1. The summed E-state index contributed by atoms with van der Waals surface area (Å²) in [6.45, 7) is 1.87. The van der Waals surface area contributed by atoms with Crippen molar-refractivity contribution < 1.29 is 9.53 Å². The van der Waals surface area contributed by atoms with Crippen molar-refractivity contribution >= 4 is 11.6 Å². The Morgan fingerprint density at radius 3 is 2.91 bits per heavy atom. The number of amides is 1. The Bertz CT molecular complexity index is 590. The average Bonchev–Trinajstić information content (AvgIpc) is 2.58. The highest BCUT2D eigenvalue weighted by Crippen LogP contribution is 2.08. The van der Waals surface area contributed by atoms with Crippen molar-refractivity contribution in [2.45, 2.75) is 13.0 Å². The van der Waals surface area contributed by atoms with Gasteiger partial charge in [0.25, 0.3) is 5.91 Å². The molecule has 0 saturated carbocycles. The fourth-order valence-corrected chi connectivity index (χ4v) is 1.88. The number of hydrogen-bond acceptors (Lipinski definition) is 5. The molecule has 0 spiro atoms. The van der Waals surface area contributed by atoms with Crippen LogP contribution in [0.3, 0.4) is 0 Å². The summed E-state index contributed by atoms with van der Waals surface area (Å²) in [4.78, 5) is 20.4. The third kappa shape index (κ3) is 5.14. The van der Waals surface area contributed by atoms with E-state index in [1.807, 2.05) is 24.3 Å². The van der Waals surface area contributed by atoms with Gasteiger partial charge in [-0.05, 0) is 30.7 Å². The molecule has 6 heteroatoms. The van der Waals surface area contributed by atoms with E-state index in [4.69, 9.17) is 4.74 Å². The Kier molecular flexibility index (Phi) is 6.32. The van der Waals surface area contributed by atoms with Crippen LogP contribution in [0, 0.1) is 0 Å². The second kappa shape index (κ2) is 8.74. The fraction of sp³-hybridized carbons (Fsp3) is 0.312. The van der Waals surface area contributed by atoms with Crippen LogP contribution < -0.4 is 10.6 Å². The molecule has 0 atom stereocenters. The minimum absolute atomic E-state index is 0.216. The van der Waals surface area contributed by atoms with Crippen LogP contribution in [0.15, 0.2) is 42.7 Å². The molecule has 2 aromatic heterocycles. The van der Waals surface area contributed by atoms with Gasteiger partial charge in [0.1, 0.15) is 5.69 Å². The number of nitrogens with zero attached hydrogens (tertiary/aromatic N) is 2. The van der Waals surface area contributed by atoms with E-state index >= 15 is 0 Å². The molecule has 22 heavy (non-hydrogen) atoms. The number of pyridine rings is 2. The van der Waals surface area contributed by atoms with E-state index in [9.17, 15) is 4.79 Å². The van der Waals surface area contributed by atoms with Crippen LogP contribution in [-0.2, 0) is 11.3 Å². The summed E-state index contributed by atoms with van der Waals surface area (Å²) in [7, 11) is 1.68. The van der Waals surface area contributed by atoms with Gasteiger partial charge in [0.15, 0.2) is 0 Å². The molecule has 2 rings (SSSR count). The highest BCUT2D eigenvalue weighted by atomic mass is 16.5. The predicted molar refractivity (Wildman–Crippen MR) is 84.6 cm³/mol. The molecule has 0 aromatic carbocycles. The summed E-state index contributed by atoms with van der Waals surface area (Å²) in [6.07, 6.45) is 4.22. The van der Waals surface area contributed by atoms with E-state index < -0.39 is 0 Å². The average molecular weight is 300 g/mol. The first-order valence-electron chi connectivity index (χ1n) is 7.16. The van der Waals surface area contributed by atoms with Crippen molar-refractivity contribution in [1.82, 2.24) is 15.3 Å². The zero-order valence-electron chi connectivity index (χ0n) is 12.6. The number of ether oxygens (including phenoxy) is 1. The molecule has 116 valence electrons. The van der Waals surface area contributed by atoms with Gasteiger partial charge >= 0.3 is 0 Å². The van der Waals surface area contributed by atoms with E-state index in [1.165, 1.54) is 0 Å². The molecule has 6 nitrogen and oxygen atoms in total. The molecule has 2 aromatic rings. The lowest BCUT2D eigenvalue weighted by Crippen LogP contribution is -2.24. The minimum Gasteiger partial charge on any atom is -0.385 e. The Balaban J connectivity index is 1.86. The van der Waals surface area contributed by atoms with Crippen molar-refractivity contribution in [2.24, 2.45) is 0 Å². The fourth-order valence-electron chi connectivity index (χ4n) is 1.88. The third-order valence-electron chi connectivity index (χ3n) is 3.00. The summed E-state index contributed by atoms with van der Waals surface area (Å²) in [5.41, 5.74) is 2.06. The van der Waals surface area contributed by atoms with Crippen LogP contribution in [0.5, 0.6) is 0 Å². The highest BCUT2D eigenvalue weighted by Gasteiger charge is 2.07. The molecule has 0 fully saturated rings. The zero-order chi connectivity index (χ0) is 15.6. The molecule has 2 N–H and O–H groups in total. The SMILES string of the molecule is COCCCNc1ccnc(C(=O)NCc2ccccn2)c1. The molecular formula is C16H20N4O2. The molecule has 0 aliphatic carbocycles. The molecule has 0 radical (unpaired) electrons. The molecule has 0 bridgehead atoms. The largest absolute Gasteiger partial charge is 0.385 e. The Morgan fingerprint density at radius 2 is 2.14 bits per heavy atom. The topological polar surface area (TPSA) is 76.1 Å². The van der Waals surface area contributed by atoms with Crippen molar-refractivity contribution in [1.29, 1.82) is 0 Å². The van der Waals surface area contributed by atoms with Gasteiger partial charge < -0.3 is 15.4 Å². The van der Waals surface area contributed by atoms with Gasteiger partial charge in [-0.1, -0.05) is 6.07 Å². The van der Waals surface area contributed by atoms with Gasteiger partial charge in [0.2, 0.25) is 0 Å². The number of anilines is 1. The van der Waals surface area contributed by atoms with Crippen LogP contribution >= 0.6 is 0 Å². The molecule has 0 aliphatic heterocycles. The first kappa shape index (κ1) is 15.9. The number of nitrogens with one attached hydrogen (secondary N) is 2. The summed E-state index contributed by atoms with van der Waals surface area (Å²) in [5, 5.41) is 6.04. The second-order valence-corrected chi connectivity index (χ2v) is 4.71. The first-order chi connectivity index (χ1) is 10.8. The number of carbonyl (C=O) groups excluding carboxylic acids is 1. The highest BCUT2D eigenvalue weighted by molar-refractivity contribution is 5.93. The van der Waals surface area contributed by atoms with E-state index in [-0.39, 0.29) is 5.91 Å². The molecule has 1 amide bonds. The first-order valence-corrected chi connectivity index (χ1v) is 7.16. The number of hydrogen-bond donors (Lipinski definition) is 2. The van der Waals surface area contributed by atoms with Crippen LogP contribution in [0.1, 0.15) is 22.6 Å². The molecule has 0 saturated heterocycles. The van der Waals surface area contributed by atoms with E-state index in [0.717, 1.165) is 24.3 Å². The maximum absolute atomic E-state index is 12.1. The van der Waals surface area contributed by atoms with Gasteiger partial charge in [-0.25, -0.2) is 0 Å². The van der Waals surface area contributed by atoms with Gasteiger partial charge in [-0.15, -0.1) is 0 Å².